The number of phenols is 2. The number of imide groups is 1. The molecule has 0 fully saturated rings. The fourth-order valence-electron chi connectivity index (χ4n) is 2.52. The minimum absolute atomic E-state index is 0.115. The average molecular weight is 326 g/mol. The van der Waals surface area contributed by atoms with Crippen molar-refractivity contribution in [2.24, 2.45) is 0 Å². The molecular weight excluding hydrogens is 312 g/mol. The summed E-state index contributed by atoms with van der Waals surface area (Å²) < 4.78 is 0. The quantitative estimate of drug-likeness (QED) is 0.502. The van der Waals surface area contributed by atoms with E-state index in [0.717, 1.165) is 0 Å². The summed E-state index contributed by atoms with van der Waals surface area (Å²) in [4.78, 5) is 35.5. The van der Waals surface area contributed by atoms with Crippen LogP contribution >= 0.6 is 0 Å². The molecule has 2 aromatic carbocycles. The number of aryl methyl sites for hydroxylation is 1. The molecule has 0 bridgehead atoms. The second-order valence-electron chi connectivity index (χ2n) is 5.38. The summed E-state index contributed by atoms with van der Waals surface area (Å²) in [5, 5.41) is 23.5. The van der Waals surface area contributed by atoms with Gasteiger partial charge in [-0.2, -0.15) is 0 Å². The number of anilines is 1. The first kappa shape index (κ1) is 15.5. The molecule has 0 aromatic heterocycles. The van der Waals surface area contributed by atoms with Crippen molar-refractivity contribution in [3.05, 3.63) is 53.1 Å². The number of hydrogen-bond donors (Lipinski definition) is 4. The summed E-state index contributed by atoms with van der Waals surface area (Å²) in [5.74, 6) is -1.81. The molecule has 7 nitrogen and oxygen atoms in total. The van der Waals surface area contributed by atoms with Gasteiger partial charge in [-0.3, -0.25) is 19.7 Å². The molecule has 7 heteroatoms. The Labute approximate surface area is 136 Å². The number of carbonyl (C=O) groups is 3. The highest BCUT2D eigenvalue weighted by molar-refractivity contribution is 6.24. The third-order valence-electron chi connectivity index (χ3n) is 3.72. The topological polar surface area (TPSA) is 116 Å². The van der Waals surface area contributed by atoms with E-state index in [1.807, 2.05) is 0 Å². The van der Waals surface area contributed by atoms with Crippen LogP contribution in [0, 0.1) is 0 Å². The number of fused-ring (bicyclic) bond motifs is 1. The van der Waals surface area contributed by atoms with Crippen molar-refractivity contribution in [1.29, 1.82) is 0 Å². The fraction of sp³-hybridized carbons (Fsp3) is 0.118. The van der Waals surface area contributed by atoms with Crippen molar-refractivity contribution in [1.82, 2.24) is 5.32 Å². The minimum atomic E-state index is -0.533. The summed E-state index contributed by atoms with van der Waals surface area (Å²) in [6, 6.07) is 9.00. The van der Waals surface area contributed by atoms with E-state index in [-0.39, 0.29) is 40.6 Å². The molecule has 24 heavy (non-hydrogen) atoms. The number of aromatic hydroxyl groups is 2. The van der Waals surface area contributed by atoms with Gasteiger partial charge >= 0.3 is 0 Å². The van der Waals surface area contributed by atoms with Crippen LogP contribution in [-0.2, 0) is 11.2 Å². The molecule has 1 aliphatic heterocycles. The van der Waals surface area contributed by atoms with Gasteiger partial charge in [0, 0.05) is 6.42 Å². The predicted octanol–water partition coefficient (Wildman–Crippen LogP) is 1.55. The van der Waals surface area contributed by atoms with Crippen LogP contribution in [-0.4, -0.2) is 27.9 Å². The highest BCUT2D eigenvalue weighted by atomic mass is 16.3. The van der Waals surface area contributed by atoms with Gasteiger partial charge in [0.15, 0.2) is 11.5 Å². The first-order chi connectivity index (χ1) is 11.5. The molecular formula is C17H14N2O5. The molecule has 1 heterocycles. The maximum atomic E-state index is 12.1. The van der Waals surface area contributed by atoms with E-state index in [1.54, 1.807) is 18.2 Å². The van der Waals surface area contributed by atoms with Crippen LogP contribution < -0.4 is 10.6 Å². The lowest BCUT2D eigenvalue weighted by Gasteiger charge is -2.08. The zero-order chi connectivity index (χ0) is 17.3. The van der Waals surface area contributed by atoms with Gasteiger partial charge in [-0.15, -0.1) is 0 Å². The Bertz CT molecular complexity index is 860. The van der Waals surface area contributed by atoms with Crippen molar-refractivity contribution < 1.29 is 24.6 Å². The normalized spacial score (nSPS) is 12.7. The van der Waals surface area contributed by atoms with Gasteiger partial charge < -0.3 is 15.5 Å². The van der Waals surface area contributed by atoms with E-state index < -0.39 is 11.8 Å². The van der Waals surface area contributed by atoms with E-state index in [2.05, 4.69) is 10.6 Å². The maximum Gasteiger partial charge on any atom is 0.261 e. The molecule has 0 unspecified atom stereocenters. The smallest absolute Gasteiger partial charge is 0.261 e. The molecule has 3 rings (SSSR count). The minimum Gasteiger partial charge on any atom is -0.504 e. The third kappa shape index (κ3) is 2.91. The van der Waals surface area contributed by atoms with E-state index in [1.165, 1.54) is 18.2 Å². The number of phenolic OH excluding ortho intramolecular Hbond substituents is 2. The summed E-state index contributed by atoms with van der Waals surface area (Å²) in [5.41, 5.74) is 1.38. The largest absolute Gasteiger partial charge is 0.504 e. The first-order valence-electron chi connectivity index (χ1n) is 7.25. The standard InChI is InChI=1S/C17H14N2O5/c20-12-6-4-9(8-13(12)21)5-7-14(22)18-11-3-1-2-10-15(11)17(24)19-16(10)23/h1-4,6,8,20-21H,5,7H2,(H,18,22)(H,19,23,24). The molecule has 0 spiro atoms. The first-order valence-corrected chi connectivity index (χ1v) is 7.25. The monoisotopic (exact) mass is 326 g/mol. The molecule has 122 valence electrons. The zero-order valence-electron chi connectivity index (χ0n) is 12.5. The lowest BCUT2D eigenvalue weighted by molar-refractivity contribution is -0.116. The molecule has 2 aromatic rings. The molecule has 3 amide bonds. The van der Waals surface area contributed by atoms with Crippen LogP contribution in [0.2, 0.25) is 0 Å². The van der Waals surface area contributed by atoms with Gasteiger partial charge in [-0.1, -0.05) is 12.1 Å². The zero-order valence-corrected chi connectivity index (χ0v) is 12.5. The molecule has 0 atom stereocenters. The molecule has 1 aliphatic rings. The fourth-order valence-corrected chi connectivity index (χ4v) is 2.52. The van der Waals surface area contributed by atoms with Crippen LogP contribution in [0.3, 0.4) is 0 Å². The Morgan fingerprint density at radius 3 is 2.58 bits per heavy atom. The lowest BCUT2D eigenvalue weighted by Crippen LogP contribution is -2.21. The Kier molecular flexibility index (Phi) is 3.91. The number of nitrogens with one attached hydrogen (secondary N) is 2. The second kappa shape index (κ2) is 6.04. The number of carbonyl (C=O) groups excluding carboxylic acids is 3. The van der Waals surface area contributed by atoms with Crippen molar-refractivity contribution >= 4 is 23.4 Å². The van der Waals surface area contributed by atoms with Crippen LogP contribution in [0.15, 0.2) is 36.4 Å². The summed E-state index contributed by atoms with van der Waals surface area (Å²) in [6.45, 7) is 0. The van der Waals surface area contributed by atoms with Crippen molar-refractivity contribution in [2.45, 2.75) is 12.8 Å². The molecule has 0 radical (unpaired) electrons. The maximum absolute atomic E-state index is 12.1. The molecule has 4 N–H and O–H groups in total. The van der Waals surface area contributed by atoms with Gasteiger partial charge in [0.2, 0.25) is 5.91 Å². The van der Waals surface area contributed by atoms with Crippen molar-refractivity contribution in [3.63, 3.8) is 0 Å². The Morgan fingerprint density at radius 2 is 1.83 bits per heavy atom. The number of amides is 3. The second-order valence-corrected chi connectivity index (χ2v) is 5.38. The lowest BCUT2D eigenvalue weighted by atomic mass is 10.1. The van der Waals surface area contributed by atoms with Gasteiger partial charge in [0.1, 0.15) is 0 Å². The SMILES string of the molecule is O=C(CCc1ccc(O)c(O)c1)Nc1cccc2c1C(=O)NC2=O. The summed E-state index contributed by atoms with van der Waals surface area (Å²) in [7, 11) is 0. The van der Waals surface area contributed by atoms with Crippen LogP contribution in [0.25, 0.3) is 0 Å². The van der Waals surface area contributed by atoms with E-state index in [4.69, 9.17) is 0 Å². The van der Waals surface area contributed by atoms with Crippen LogP contribution in [0.4, 0.5) is 5.69 Å². The number of hydrogen-bond acceptors (Lipinski definition) is 5. The summed E-state index contributed by atoms with van der Waals surface area (Å²) in [6.07, 6.45) is 0.462. The number of rotatable bonds is 4. The Hall–Kier alpha value is -3.35. The average Bonchev–Trinajstić information content (AvgIpc) is 2.84. The van der Waals surface area contributed by atoms with E-state index in [0.29, 0.717) is 12.0 Å². The highest BCUT2D eigenvalue weighted by Gasteiger charge is 2.29. The van der Waals surface area contributed by atoms with Gasteiger partial charge in [-0.05, 0) is 36.2 Å². The highest BCUT2D eigenvalue weighted by Crippen LogP contribution is 2.26. The third-order valence-corrected chi connectivity index (χ3v) is 3.72. The summed E-state index contributed by atoms with van der Waals surface area (Å²) >= 11 is 0. The van der Waals surface area contributed by atoms with E-state index in [9.17, 15) is 24.6 Å². The Morgan fingerprint density at radius 1 is 1.04 bits per heavy atom. The van der Waals surface area contributed by atoms with Crippen LogP contribution in [0.1, 0.15) is 32.7 Å². The Balaban J connectivity index is 1.69. The molecule has 0 aliphatic carbocycles. The van der Waals surface area contributed by atoms with Gasteiger partial charge in [-0.25, -0.2) is 0 Å². The van der Waals surface area contributed by atoms with Crippen LogP contribution in [0.5, 0.6) is 11.5 Å². The number of benzene rings is 2. The van der Waals surface area contributed by atoms with Gasteiger partial charge in [0.05, 0.1) is 16.8 Å². The predicted molar refractivity (Wildman–Crippen MR) is 85.0 cm³/mol. The van der Waals surface area contributed by atoms with E-state index >= 15 is 0 Å². The van der Waals surface area contributed by atoms with Gasteiger partial charge in [0.25, 0.3) is 11.8 Å². The van der Waals surface area contributed by atoms with Crippen molar-refractivity contribution in [2.75, 3.05) is 5.32 Å². The molecule has 0 saturated heterocycles. The van der Waals surface area contributed by atoms with Crippen molar-refractivity contribution in [3.8, 4) is 11.5 Å². The molecule has 0 saturated carbocycles.